The number of hydrogen-bond donors (Lipinski definition) is 1. The normalized spacial score (nSPS) is 14.6. The lowest BCUT2D eigenvalue weighted by Gasteiger charge is -2.13. The van der Waals surface area contributed by atoms with Crippen LogP contribution in [0.25, 0.3) is 0 Å². The molecule has 1 aromatic carbocycles. The minimum Gasteiger partial charge on any atom is -0.485 e. The molecule has 0 fully saturated rings. The van der Waals surface area contributed by atoms with E-state index in [-0.39, 0.29) is 23.6 Å². The van der Waals surface area contributed by atoms with Crippen LogP contribution in [0.1, 0.15) is 10.4 Å². The van der Waals surface area contributed by atoms with Gasteiger partial charge in [-0.05, 0) is 12.1 Å². The minimum atomic E-state index is -4.90. The molecule has 0 radical (unpaired) electrons. The summed E-state index contributed by atoms with van der Waals surface area (Å²) in [6, 6.07) is 2.53. The Morgan fingerprint density at radius 2 is 2.06 bits per heavy atom. The molecule has 0 saturated carbocycles. The van der Waals surface area contributed by atoms with Crippen molar-refractivity contribution in [3.8, 4) is 11.5 Å². The Morgan fingerprint density at radius 3 is 2.69 bits per heavy atom. The highest BCUT2D eigenvalue weighted by molar-refractivity contribution is 6.06. The van der Waals surface area contributed by atoms with Gasteiger partial charge in [0.25, 0.3) is 0 Å². The first kappa shape index (κ1) is 10.6. The summed E-state index contributed by atoms with van der Waals surface area (Å²) in [4.78, 5) is 11.3. The van der Waals surface area contributed by atoms with Crippen molar-refractivity contribution in [2.75, 3.05) is 12.3 Å². The van der Waals surface area contributed by atoms with E-state index in [4.69, 9.17) is 10.5 Å². The molecule has 16 heavy (non-hydrogen) atoms. The Labute approximate surface area is 87.7 Å². The number of fused-ring (bicyclic) bond motifs is 1. The van der Waals surface area contributed by atoms with Gasteiger partial charge in [0.15, 0.2) is 12.4 Å². The topological polar surface area (TPSA) is 61.5 Å². The lowest BCUT2D eigenvalue weighted by molar-refractivity contribution is -0.274. The summed E-state index contributed by atoms with van der Waals surface area (Å²) in [5, 5.41) is 0. The molecule has 7 heteroatoms. The van der Waals surface area contributed by atoms with E-state index in [2.05, 4.69) is 4.74 Å². The van der Waals surface area contributed by atoms with Crippen molar-refractivity contribution in [3.05, 3.63) is 17.7 Å². The lowest BCUT2D eigenvalue weighted by atomic mass is 10.1. The zero-order valence-corrected chi connectivity index (χ0v) is 7.80. The molecule has 1 aliphatic rings. The minimum absolute atomic E-state index is 0.0541. The largest absolute Gasteiger partial charge is 0.573 e. The number of halogens is 3. The summed E-state index contributed by atoms with van der Waals surface area (Å²) >= 11 is 0. The van der Waals surface area contributed by atoms with Gasteiger partial charge in [-0.15, -0.1) is 13.2 Å². The van der Waals surface area contributed by atoms with Crippen molar-refractivity contribution in [1.29, 1.82) is 0 Å². The van der Waals surface area contributed by atoms with E-state index < -0.39 is 17.9 Å². The third-order valence-corrected chi connectivity index (χ3v) is 2.01. The number of benzene rings is 1. The maximum absolute atomic E-state index is 12.1. The quantitative estimate of drug-likeness (QED) is 0.750. The van der Waals surface area contributed by atoms with Crippen LogP contribution in [-0.2, 0) is 0 Å². The molecule has 0 spiro atoms. The summed E-state index contributed by atoms with van der Waals surface area (Å²) in [7, 11) is 0. The fourth-order valence-electron chi connectivity index (χ4n) is 1.41. The summed E-state index contributed by atoms with van der Waals surface area (Å²) in [6.07, 6.45) is -4.90. The van der Waals surface area contributed by atoms with Gasteiger partial charge in [0.2, 0.25) is 5.78 Å². The molecule has 0 amide bonds. The van der Waals surface area contributed by atoms with E-state index in [1.807, 2.05) is 0 Å². The van der Waals surface area contributed by atoms with Crippen LogP contribution in [0, 0.1) is 0 Å². The highest BCUT2D eigenvalue weighted by atomic mass is 19.4. The number of nitrogen functional groups attached to an aromatic ring is 1. The second-order valence-electron chi connectivity index (χ2n) is 3.12. The van der Waals surface area contributed by atoms with Crippen molar-refractivity contribution in [2.24, 2.45) is 0 Å². The van der Waals surface area contributed by atoms with Crippen LogP contribution in [-0.4, -0.2) is 18.8 Å². The number of carbonyl (C=O) groups excluding carboxylic acids is 1. The molecule has 0 bridgehead atoms. The zero-order valence-electron chi connectivity index (χ0n) is 7.80. The maximum atomic E-state index is 12.1. The summed E-state index contributed by atoms with van der Waals surface area (Å²) in [5.74, 6) is -1.22. The summed E-state index contributed by atoms with van der Waals surface area (Å²) < 4.78 is 44.8. The fraction of sp³-hybridized carbons (Fsp3) is 0.222. The van der Waals surface area contributed by atoms with Gasteiger partial charge in [0.1, 0.15) is 11.3 Å². The molecule has 2 N–H and O–H groups in total. The van der Waals surface area contributed by atoms with E-state index in [1.165, 1.54) is 12.1 Å². The molecule has 0 unspecified atom stereocenters. The van der Waals surface area contributed by atoms with Crippen LogP contribution in [0.2, 0.25) is 0 Å². The molecule has 0 atom stereocenters. The zero-order chi connectivity index (χ0) is 11.9. The van der Waals surface area contributed by atoms with E-state index in [1.54, 1.807) is 0 Å². The monoisotopic (exact) mass is 233 g/mol. The number of ketones is 1. The first-order chi connectivity index (χ1) is 7.38. The van der Waals surface area contributed by atoms with Crippen LogP contribution in [0.15, 0.2) is 12.1 Å². The van der Waals surface area contributed by atoms with Crippen molar-refractivity contribution in [2.45, 2.75) is 6.36 Å². The first-order valence-corrected chi connectivity index (χ1v) is 4.23. The van der Waals surface area contributed by atoms with Gasteiger partial charge >= 0.3 is 6.36 Å². The van der Waals surface area contributed by atoms with Gasteiger partial charge in [0, 0.05) is 0 Å². The summed E-state index contributed by atoms with van der Waals surface area (Å²) in [5.41, 5.74) is 4.82. The number of alkyl halides is 3. The highest BCUT2D eigenvalue weighted by Gasteiger charge is 2.36. The third kappa shape index (κ3) is 1.75. The molecular weight excluding hydrogens is 227 g/mol. The van der Waals surface area contributed by atoms with Crippen LogP contribution < -0.4 is 15.2 Å². The Hall–Kier alpha value is -1.92. The SMILES string of the molecule is Nc1ccc2c(c1OC(F)(F)F)C(=O)CO2. The second-order valence-corrected chi connectivity index (χ2v) is 3.12. The van der Waals surface area contributed by atoms with Gasteiger partial charge in [-0.3, -0.25) is 4.79 Å². The first-order valence-electron chi connectivity index (χ1n) is 4.23. The van der Waals surface area contributed by atoms with Crippen LogP contribution >= 0.6 is 0 Å². The Morgan fingerprint density at radius 1 is 1.38 bits per heavy atom. The molecule has 86 valence electrons. The van der Waals surface area contributed by atoms with Crippen molar-refractivity contribution < 1.29 is 27.4 Å². The fourth-order valence-corrected chi connectivity index (χ4v) is 1.41. The molecule has 0 aliphatic carbocycles. The van der Waals surface area contributed by atoms with Gasteiger partial charge in [0.05, 0.1) is 5.69 Å². The van der Waals surface area contributed by atoms with Crippen molar-refractivity contribution in [3.63, 3.8) is 0 Å². The molecule has 1 heterocycles. The molecule has 0 saturated heterocycles. The molecule has 2 rings (SSSR count). The maximum Gasteiger partial charge on any atom is 0.573 e. The van der Waals surface area contributed by atoms with Crippen molar-refractivity contribution >= 4 is 11.5 Å². The molecular formula is C9H6F3NO3. The van der Waals surface area contributed by atoms with Gasteiger partial charge in [-0.2, -0.15) is 0 Å². The van der Waals surface area contributed by atoms with Crippen molar-refractivity contribution in [1.82, 2.24) is 0 Å². The number of nitrogens with two attached hydrogens (primary N) is 1. The number of carbonyl (C=O) groups is 1. The predicted octanol–water partition coefficient (Wildman–Crippen LogP) is 1.74. The number of anilines is 1. The third-order valence-electron chi connectivity index (χ3n) is 2.01. The smallest absolute Gasteiger partial charge is 0.485 e. The molecule has 1 aliphatic heterocycles. The number of Topliss-reactive ketones (excluding diaryl/α,β-unsaturated/α-hetero) is 1. The van der Waals surface area contributed by atoms with E-state index in [9.17, 15) is 18.0 Å². The molecule has 1 aromatic rings. The van der Waals surface area contributed by atoms with E-state index in [0.717, 1.165) is 0 Å². The number of ether oxygens (including phenoxy) is 2. The van der Waals surface area contributed by atoms with Crippen LogP contribution in [0.3, 0.4) is 0 Å². The van der Waals surface area contributed by atoms with Gasteiger partial charge in [-0.25, -0.2) is 0 Å². The average Bonchev–Trinajstić information content (AvgIpc) is 2.51. The second kappa shape index (κ2) is 3.29. The van der Waals surface area contributed by atoms with Gasteiger partial charge in [-0.1, -0.05) is 0 Å². The lowest BCUT2D eigenvalue weighted by Crippen LogP contribution is -2.19. The standard InChI is InChI=1S/C9H6F3NO3/c10-9(11,12)16-8-4(13)1-2-6-7(8)5(14)3-15-6/h1-2H,3,13H2. The number of rotatable bonds is 1. The van der Waals surface area contributed by atoms with Crippen LogP contribution in [0.5, 0.6) is 11.5 Å². The van der Waals surface area contributed by atoms with Gasteiger partial charge < -0.3 is 15.2 Å². The highest BCUT2D eigenvalue weighted by Crippen LogP contribution is 2.40. The Kier molecular flexibility index (Phi) is 2.18. The predicted molar refractivity (Wildman–Crippen MR) is 47.4 cm³/mol. The molecule has 4 nitrogen and oxygen atoms in total. The number of hydrogen-bond acceptors (Lipinski definition) is 4. The summed E-state index contributed by atoms with van der Waals surface area (Å²) in [6.45, 7) is -0.299. The Bertz CT molecular complexity index is 456. The van der Waals surface area contributed by atoms with Crippen LogP contribution in [0.4, 0.5) is 18.9 Å². The Balaban J connectivity index is 2.52. The molecule has 0 aromatic heterocycles. The van der Waals surface area contributed by atoms with E-state index >= 15 is 0 Å². The average molecular weight is 233 g/mol. The van der Waals surface area contributed by atoms with E-state index in [0.29, 0.717) is 0 Å².